The molecule has 0 spiro atoms. The van der Waals surface area contributed by atoms with Crippen LogP contribution >= 0.6 is 0 Å². The highest BCUT2D eigenvalue weighted by Gasteiger charge is 2.59. The SMILES string of the molecule is C=CCc1ccc(OC(=O)O[C@H]2CC[C@@]3(C)C(=CC[C@H]4[C@@H]5CC[C@H]([C@H](C)CCCC(C)C)[C@@]5(C)CC[C@@H]43)C2)cc1. The lowest BCUT2D eigenvalue weighted by Crippen LogP contribution is -2.51. The van der Waals surface area contributed by atoms with Crippen molar-refractivity contribution in [3.63, 3.8) is 0 Å². The molecule has 0 saturated heterocycles. The highest BCUT2D eigenvalue weighted by molar-refractivity contribution is 5.64. The minimum Gasteiger partial charge on any atom is -0.430 e. The number of ether oxygens (including phenoxy) is 2. The predicted molar refractivity (Wildman–Crippen MR) is 164 cm³/mol. The van der Waals surface area contributed by atoms with Crippen molar-refractivity contribution in [3.8, 4) is 5.75 Å². The van der Waals surface area contributed by atoms with Gasteiger partial charge in [0.05, 0.1) is 0 Å². The number of benzene rings is 1. The van der Waals surface area contributed by atoms with Crippen LogP contribution in [-0.2, 0) is 11.2 Å². The third-order valence-corrected chi connectivity index (χ3v) is 12.0. The number of allylic oxidation sites excluding steroid dienone is 2. The maximum atomic E-state index is 12.6. The number of rotatable bonds is 9. The van der Waals surface area contributed by atoms with Gasteiger partial charge in [0.2, 0.25) is 0 Å². The Kier molecular flexibility index (Phi) is 8.89. The molecule has 1 aromatic rings. The first-order valence-corrected chi connectivity index (χ1v) is 16.4. The molecule has 3 nitrogen and oxygen atoms in total. The van der Waals surface area contributed by atoms with Crippen molar-refractivity contribution in [1.82, 2.24) is 0 Å². The highest BCUT2D eigenvalue weighted by atomic mass is 16.7. The van der Waals surface area contributed by atoms with Gasteiger partial charge in [0, 0.05) is 6.42 Å². The molecule has 0 radical (unpaired) electrons. The van der Waals surface area contributed by atoms with Gasteiger partial charge in [0.15, 0.2) is 0 Å². The second kappa shape index (κ2) is 12.1. The first-order chi connectivity index (χ1) is 19.1. The quantitative estimate of drug-likeness (QED) is 0.176. The van der Waals surface area contributed by atoms with Gasteiger partial charge < -0.3 is 9.47 Å². The predicted octanol–water partition coefficient (Wildman–Crippen LogP) is 10.3. The number of fused-ring (bicyclic) bond motifs is 5. The maximum Gasteiger partial charge on any atom is 0.514 e. The summed E-state index contributed by atoms with van der Waals surface area (Å²) in [4.78, 5) is 12.6. The fourth-order valence-electron chi connectivity index (χ4n) is 9.87. The van der Waals surface area contributed by atoms with Gasteiger partial charge in [-0.05, 0) is 115 Å². The van der Waals surface area contributed by atoms with Gasteiger partial charge >= 0.3 is 6.16 Å². The maximum absolute atomic E-state index is 12.6. The van der Waals surface area contributed by atoms with Gasteiger partial charge in [-0.1, -0.05) is 83.7 Å². The van der Waals surface area contributed by atoms with Crippen LogP contribution in [0.2, 0.25) is 0 Å². The van der Waals surface area contributed by atoms with E-state index in [4.69, 9.17) is 9.47 Å². The molecule has 0 amide bonds. The van der Waals surface area contributed by atoms with Crippen LogP contribution in [0.5, 0.6) is 5.75 Å². The van der Waals surface area contributed by atoms with Crippen LogP contribution < -0.4 is 4.74 Å². The summed E-state index contributed by atoms with van der Waals surface area (Å²) >= 11 is 0. The van der Waals surface area contributed by atoms with E-state index in [2.05, 4.69) is 47.3 Å². The topological polar surface area (TPSA) is 35.5 Å². The molecular formula is C37H54O3. The van der Waals surface area contributed by atoms with E-state index in [0.29, 0.717) is 11.2 Å². The zero-order valence-electron chi connectivity index (χ0n) is 25.9. The summed E-state index contributed by atoms with van der Waals surface area (Å²) in [7, 11) is 0. The van der Waals surface area contributed by atoms with Crippen molar-refractivity contribution in [1.29, 1.82) is 0 Å². The molecule has 3 heteroatoms. The Morgan fingerprint density at radius 2 is 1.80 bits per heavy atom. The fourth-order valence-corrected chi connectivity index (χ4v) is 9.87. The zero-order valence-corrected chi connectivity index (χ0v) is 25.9. The van der Waals surface area contributed by atoms with Crippen molar-refractivity contribution >= 4 is 6.16 Å². The first kappa shape index (κ1) is 29.5. The average molecular weight is 547 g/mol. The third-order valence-electron chi connectivity index (χ3n) is 12.0. The molecule has 0 aliphatic heterocycles. The molecule has 0 N–H and O–H groups in total. The Labute approximate surface area is 244 Å². The minimum atomic E-state index is -0.577. The van der Waals surface area contributed by atoms with Gasteiger partial charge in [-0.2, -0.15) is 0 Å². The minimum absolute atomic E-state index is 0.0835. The number of hydrogen-bond donors (Lipinski definition) is 0. The summed E-state index contributed by atoms with van der Waals surface area (Å²) in [6.07, 6.45) is 18.6. The molecule has 0 aromatic heterocycles. The van der Waals surface area contributed by atoms with E-state index in [1.807, 2.05) is 30.3 Å². The molecule has 5 rings (SSSR count). The molecular weight excluding hydrogens is 492 g/mol. The number of carbonyl (C=O) groups excluding carboxylic acids is 1. The fraction of sp³-hybridized carbons (Fsp3) is 0.703. The molecule has 4 aliphatic carbocycles. The van der Waals surface area contributed by atoms with Gasteiger partial charge in [0.25, 0.3) is 0 Å². The normalized spacial score (nSPS) is 35.6. The smallest absolute Gasteiger partial charge is 0.430 e. The lowest BCUT2D eigenvalue weighted by molar-refractivity contribution is -0.0597. The van der Waals surface area contributed by atoms with Crippen LogP contribution in [-0.4, -0.2) is 12.3 Å². The molecule has 220 valence electrons. The summed E-state index contributed by atoms with van der Waals surface area (Å²) in [5.41, 5.74) is 3.48. The molecule has 40 heavy (non-hydrogen) atoms. The molecule has 4 aliphatic rings. The summed E-state index contributed by atoms with van der Waals surface area (Å²) in [6.45, 7) is 16.3. The summed E-state index contributed by atoms with van der Waals surface area (Å²) < 4.78 is 11.4. The Balaban J connectivity index is 1.19. The number of hydrogen-bond acceptors (Lipinski definition) is 3. The lowest BCUT2D eigenvalue weighted by atomic mass is 9.47. The molecule has 0 heterocycles. The number of carbonyl (C=O) groups is 1. The molecule has 3 fully saturated rings. The van der Waals surface area contributed by atoms with Crippen LogP contribution in [0.25, 0.3) is 0 Å². The van der Waals surface area contributed by atoms with Crippen molar-refractivity contribution in [3.05, 3.63) is 54.1 Å². The summed E-state index contributed by atoms with van der Waals surface area (Å²) in [5, 5.41) is 0. The second-order valence-electron chi connectivity index (χ2n) is 14.8. The molecule has 0 unspecified atom stereocenters. The van der Waals surface area contributed by atoms with Crippen molar-refractivity contribution in [2.75, 3.05) is 0 Å². The van der Waals surface area contributed by atoms with E-state index in [-0.39, 0.29) is 11.5 Å². The van der Waals surface area contributed by atoms with E-state index in [1.165, 1.54) is 51.4 Å². The zero-order chi connectivity index (χ0) is 28.5. The largest absolute Gasteiger partial charge is 0.514 e. The second-order valence-corrected chi connectivity index (χ2v) is 14.8. The summed E-state index contributed by atoms with van der Waals surface area (Å²) in [6, 6.07) is 7.60. The van der Waals surface area contributed by atoms with Crippen LogP contribution in [0.3, 0.4) is 0 Å². The highest BCUT2D eigenvalue weighted by Crippen LogP contribution is 2.67. The van der Waals surface area contributed by atoms with E-state index in [0.717, 1.165) is 66.8 Å². The van der Waals surface area contributed by atoms with E-state index in [1.54, 1.807) is 5.57 Å². The Morgan fingerprint density at radius 1 is 1.02 bits per heavy atom. The van der Waals surface area contributed by atoms with Crippen molar-refractivity contribution < 1.29 is 14.3 Å². The van der Waals surface area contributed by atoms with Gasteiger partial charge in [-0.3, -0.25) is 0 Å². The van der Waals surface area contributed by atoms with Crippen molar-refractivity contribution in [2.24, 2.45) is 46.3 Å². The van der Waals surface area contributed by atoms with E-state index in [9.17, 15) is 4.79 Å². The van der Waals surface area contributed by atoms with Crippen LogP contribution in [0.1, 0.15) is 111 Å². The summed E-state index contributed by atoms with van der Waals surface area (Å²) in [5.74, 6) is 5.59. The first-order valence-electron chi connectivity index (χ1n) is 16.4. The van der Waals surface area contributed by atoms with E-state index < -0.39 is 6.16 Å². The van der Waals surface area contributed by atoms with Gasteiger partial charge in [0.1, 0.15) is 11.9 Å². The molecule has 0 bridgehead atoms. The average Bonchev–Trinajstić information content (AvgIpc) is 3.27. The molecule has 8 atom stereocenters. The Morgan fingerprint density at radius 3 is 2.52 bits per heavy atom. The van der Waals surface area contributed by atoms with Gasteiger partial charge in [-0.15, -0.1) is 6.58 Å². The molecule has 3 saturated carbocycles. The Hall–Kier alpha value is -2.03. The third kappa shape index (κ3) is 5.82. The van der Waals surface area contributed by atoms with Crippen LogP contribution in [0, 0.1) is 46.3 Å². The monoisotopic (exact) mass is 546 g/mol. The standard InChI is InChI=1S/C37H54O3/c1-7-9-27-12-15-29(16-13-27)39-35(38)40-30-20-22-36(5)28(24-30)14-17-31-33-19-18-32(26(4)11-8-10-25(2)3)37(33,6)23-21-34(31)36/h7,12-16,25-26,30-34H,1,8-11,17-24H2,2-6H3/t26-,30+,31+,32-,33+,34+,36+,37-/m1/s1. The van der Waals surface area contributed by atoms with Crippen molar-refractivity contribution in [2.45, 2.75) is 118 Å². The molecule has 1 aromatic carbocycles. The Bertz CT molecular complexity index is 1070. The van der Waals surface area contributed by atoms with E-state index >= 15 is 0 Å². The van der Waals surface area contributed by atoms with Gasteiger partial charge in [-0.25, -0.2) is 4.79 Å². The lowest BCUT2D eigenvalue weighted by Gasteiger charge is -2.58. The van der Waals surface area contributed by atoms with Crippen LogP contribution in [0.4, 0.5) is 4.79 Å². The van der Waals surface area contributed by atoms with Crippen LogP contribution in [0.15, 0.2) is 48.6 Å².